The van der Waals surface area contributed by atoms with Crippen LogP contribution >= 0.6 is 0 Å². The highest BCUT2D eigenvalue weighted by Crippen LogP contribution is 2.17. The van der Waals surface area contributed by atoms with E-state index in [-0.39, 0.29) is 12.5 Å². The molecule has 0 heterocycles. The maximum atomic E-state index is 12.1. The standard InChI is InChI=1S/C27H28N4O4/c1-4-20-8-12-22(13-9-20)29-25(32)17-35-23-14-10-21(11-15-23)16-28-31-27(34)26(33)30-24-7-5-6-18(2)19(24)3/h5-16H,4,17H2,1-3H3,(H,29,32)(H,30,33)(H,31,34)/b28-16-. The van der Waals surface area contributed by atoms with E-state index >= 15 is 0 Å². The number of carbonyl (C=O) groups is 3. The van der Waals surface area contributed by atoms with Crippen molar-refractivity contribution in [2.75, 3.05) is 17.2 Å². The van der Waals surface area contributed by atoms with E-state index in [1.54, 1.807) is 36.4 Å². The lowest BCUT2D eigenvalue weighted by Crippen LogP contribution is -2.32. The number of carbonyl (C=O) groups excluding carboxylic acids is 3. The molecule has 8 nitrogen and oxygen atoms in total. The zero-order valence-corrected chi connectivity index (χ0v) is 19.9. The summed E-state index contributed by atoms with van der Waals surface area (Å²) in [4.78, 5) is 36.2. The van der Waals surface area contributed by atoms with Crippen LogP contribution in [-0.4, -0.2) is 30.5 Å². The van der Waals surface area contributed by atoms with E-state index in [0.717, 1.165) is 17.5 Å². The van der Waals surface area contributed by atoms with Crippen LogP contribution in [0.2, 0.25) is 0 Å². The highest BCUT2D eigenvalue weighted by atomic mass is 16.5. The minimum absolute atomic E-state index is 0.130. The maximum Gasteiger partial charge on any atom is 0.329 e. The van der Waals surface area contributed by atoms with Crippen molar-refractivity contribution < 1.29 is 19.1 Å². The predicted molar refractivity (Wildman–Crippen MR) is 137 cm³/mol. The molecule has 0 radical (unpaired) electrons. The molecule has 3 rings (SSSR count). The lowest BCUT2D eigenvalue weighted by molar-refractivity contribution is -0.136. The van der Waals surface area contributed by atoms with E-state index in [9.17, 15) is 14.4 Å². The molecule has 0 aliphatic rings. The number of nitrogens with zero attached hydrogens (tertiary/aromatic N) is 1. The first-order valence-corrected chi connectivity index (χ1v) is 11.2. The van der Waals surface area contributed by atoms with Crippen LogP contribution in [0, 0.1) is 13.8 Å². The van der Waals surface area contributed by atoms with Crippen LogP contribution in [0.4, 0.5) is 11.4 Å². The fraction of sp³-hybridized carbons (Fsp3) is 0.185. The van der Waals surface area contributed by atoms with Crippen molar-refractivity contribution in [3.05, 3.63) is 89.0 Å². The Hall–Kier alpha value is -4.46. The van der Waals surface area contributed by atoms with E-state index < -0.39 is 11.8 Å². The SMILES string of the molecule is CCc1ccc(NC(=O)COc2ccc(/C=N\NC(=O)C(=O)Nc3cccc(C)c3C)cc2)cc1. The average Bonchev–Trinajstić information content (AvgIpc) is 2.86. The van der Waals surface area contributed by atoms with E-state index in [2.05, 4.69) is 28.1 Å². The number of amides is 3. The van der Waals surface area contributed by atoms with Gasteiger partial charge in [-0.1, -0.05) is 31.2 Å². The number of hydrazone groups is 1. The average molecular weight is 473 g/mol. The number of nitrogens with one attached hydrogen (secondary N) is 3. The van der Waals surface area contributed by atoms with Crippen molar-refractivity contribution in [3.63, 3.8) is 0 Å². The molecule has 3 amide bonds. The third kappa shape index (κ3) is 7.53. The van der Waals surface area contributed by atoms with Gasteiger partial charge in [0.1, 0.15) is 5.75 Å². The predicted octanol–water partition coefficient (Wildman–Crippen LogP) is 3.97. The molecule has 0 spiro atoms. The van der Waals surface area contributed by atoms with Crippen LogP contribution < -0.4 is 20.8 Å². The van der Waals surface area contributed by atoms with Gasteiger partial charge < -0.3 is 15.4 Å². The van der Waals surface area contributed by atoms with Gasteiger partial charge in [-0.25, -0.2) is 5.43 Å². The number of hydrogen-bond donors (Lipinski definition) is 3. The molecule has 0 bridgehead atoms. The summed E-state index contributed by atoms with van der Waals surface area (Å²) in [6, 6.07) is 19.9. The minimum atomic E-state index is -0.877. The summed E-state index contributed by atoms with van der Waals surface area (Å²) >= 11 is 0. The first kappa shape index (κ1) is 25.2. The molecule has 0 unspecified atom stereocenters. The normalized spacial score (nSPS) is 10.6. The van der Waals surface area contributed by atoms with E-state index in [1.165, 1.54) is 11.8 Å². The van der Waals surface area contributed by atoms with Crippen LogP contribution in [-0.2, 0) is 20.8 Å². The fourth-order valence-corrected chi connectivity index (χ4v) is 3.10. The van der Waals surface area contributed by atoms with Crippen LogP contribution in [0.5, 0.6) is 5.75 Å². The van der Waals surface area contributed by atoms with Crippen molar-refractivity contribution in [2.24, 2.45) is 5.10 Å². The Balaban J connectivity index is 1.43. The number of ether oxygens (including phenoxy) is 1. The van der Waals surface area contributed by atoms with Gasteiger partial charge in [-0.3, -0.25) is 14.4 Å². The third-order valence-corrected chi connectivity index (χ3v) is 5.33. The molecule has 3 N–H and O–H groups in total. The Morgan fingerprint density at radius 3 is 2.29 bits per heavy atom. The van der Waals surface area contributed by atoms with Gasteiger partial charge in [0.15, 0.2) is 6.61 Å². The first-order valence-electron chi connectivity index (χ1n) is 11.2. The molecule has 0 aliphatic heterocycles. The van der Waals surface area contributed by atoms with Crippen molar-refractivity contribution >= 4 is 35.3 Å². The Kier molecular flexibility index (Phi) is 8.72. The third-order valence-electron chi connectivity index (χ3n) is 5.33. The van der Waals surface area contributed by atoms with Crippen LogP contribution in [0.3, 0.4) is 0 Å². The summed E-state index contributed by atoms with van der Waals surface area (Å²) in [5, 5.41) is 9.18. The Bertz CT molecular complexity index is 1220. The highest BCUT2D eigenvalue weighted by Gasteiger charge is 2.14. The molecule has 0 saturated heterocycles. The quantitative estimate of drug-likeness (QED) is 0.262. The second kappa shape index (κ2) is 12.1. The first-order chi connectivity index (χ1) is 16.9. The Labute approximate surface area is 204 Å². The van der Waals surface area contributed by atoms with Gasteiger partial charge in [0, 0.05) is 11.4 Å². The van der Waals surface area contributed by atoms with Gasteiger partial charge in [0.05, 0.1) is 6.21 Å². The molecule has 0 atom stereocenters. The summed E-state index contributed by atoms with van der Waals surface area (Å²) in [5.41, 5.74) is 7.27. The van der Waals surface area contributed by atoms with Crippen LogP contribution in [0.1, 0.15) is 29.2 Å². The minimum Gasteiger partial charge on any atom is -0.484 e. The topological polar surface area (TPSA) is 109 Å². The molecule has 35 heavy (non-hydrogen) atoms. The summed E-state index contributed by atoms with van der Waals surface area (Å²) in [7, 11) is 0. The molecule has 3 aromatic carbocycles. The van der Waals surface area contributed by atoms with Crippen molar-refractivity contribution in [1.82, 2.24) is 5.43 Å². The molecular formula is C27H28N4O4. The second-order valence-corrected chi connectivity index (χ2v) is 7.86. The van der Waals surface area contributed by atoms with Gasteiger partial charge in [-0.05, 0) is 85.0 Å². The van der Waals surface area contributed by atoms with Gasteiger partial charge >= 0.3 is 11.8 Å². The summed E-state index contributed by atoms with van der Waals surface area (Å²) in [6.07, 6.45) is 2.34. The summed E-state index contributed by atoms with van der Waals surface area (Å²) in [6.45, 7) is 5.73. The molecule has 0 aliphatic carbocycles. The Morgan fingerprint density at radius 1 is 0.886 bits per heavy atom. The van der Waals surface area contributed by atoms with Crippen LogP contribution in [0.25, 0.3) is 0 Å². The van der Waals surface area contributed by atoms with Gasteiger partial charge in [0.25, 0.3) is 5.91 Å². The molecule has 3 aromatic rings. The highest BCUT2D eigenvalue weighted by molar-refractivity contribution is 6.39. The summed E-state index contributed by atoms with van der Waals surface area (Å²) < 4.78 is 5.51. The van der Waals surface area contributed by atoms with Crippen molar-refractivity contribution in [3.8, 4) is 5.75 Å². The molecule has 0 saturated carbocycles. The molecule has 0 fully saturated rings. The number of aryl methyl sites for hydroxylation is 2. The Morgan fingerprint density at radius 2 is 1.60 bits per heavy atom. The molecule has 8 heteroatoms. The smallest absolute Gasteiger partial charge is 0.329 e. The van der Waals surface area contributed by atoms with Gasteiger partial charge in [0.2, 0.25) is 0 Å². The number of anilines is 2. The van der Waals surface area contributed by atoms with Crippen molar-refractivity contribution in [1.29, 1.82) is 0 Å². The molecular weight excluding hydrogens is 444 g/mol. The van der Waals surface area contributed by atoms with E-state index in [1.807, 2.05) is 44.2 Å². The largest absolute Gasteiger partial charge is 0.484 e. The van der Waals surface area contributed by atoms with E-state index in [4.69, 9.17) is 4.74 Å². The lowest BCUT2D eigenvalue weighted by Gasteiger charge is -2.09. The molecule has 0 aromatic heterocycles. The summed E-state index contributed by atoms with van der Waals surface area (Å²) in [5.74, 6) is -1.44. The zero-order valence-electron chi connectivity index (χ0n) is 19.9. The van der Waals surface area contributed by atoms with Gasteiger partial charge in [-0.15, -0.1) is 0 Å². The molecule has 180 valence electrons. The maximum absolute atomic E-state index is 12.1. The van der Waals surface area contributed by atoms with Crippen LogP contribution in [0.15, 0.2) is 71.8 Å². The fourth-order valence-electron chi connectivity index (χ4n) is 3.10. The lowest BCUT2D eigenvalue weighted by atomic mass is 10.1. The number of benzene rings is 3. The van der Waals surface area contributed by atoms with Gasteiger partial charge in [-0.2, -0.15) is 5.10 Å². The van der Waals surface area contributed by atoms with E-state index in [0.29, 0.717) is 22.7 Å². The monoisotopic (exact) mass is 472 g/mol. The number of hydrogen-bond acceptors (Lipinski definition) is 5. The zero-order chi connectivity index (χ0) is 25.2. The number of rotatable bonds is 8. The second-order valence-electron chi connectivity index (χ2n) is 7.86. The van der Waals surface area contributed by atoms with Crippen molar-refractivity contribution in [2.45, 2.75) is 27.2 Å².